The minimum absolute atomic E-state index is 0.0833. The second kappa shape index (κ2) is 6.17. The van der Waals surface area contributed by atoms with E-state index >= 15 is 0 Å². The summed E-state index contributed by atoms with van der Waals surface area (Å²) < 4.78 is 5.00. The van der Waals surface area contributed by atoms with Crippen LogP contribution in [0.15, 0.2) is 30.3 Å². The number of nitrogens with zero attached hydrogens (tertiary/aromatic N) is 1. The molecular formula is C15H22N2O2. The van der Waals surface area contributed by atoms with E-state index in [4.69, 9.17) is 4.74 Å². The SMILES string of the molecule is COCCN(C)CC(=O)NC1(c2ccccc2)CC1. The van der Waals surface area contributed by atoms with Gasteiger partial charge in [-0.1, -0.05) is 30.3 Å². The van der Waals surface area contributed by atoms with Crippen molar-refractivity contribution in [2.45, 2.75) is 18.4 Å². The number of methoxy groups -OCH3 is 1. The van der Waals surface area contributed by atoms with E-state index < -0.39 is 0 Å². The van der Waals surface area contributed by atoms with Gasteiger partial charge in [-0.2, -0.15) is 0 Å². The lowest BCUT2D eigenvalue weighted by Gasteiger charge is -2.21. The van der Waals surface area contributed by atoms with Crippen molar-refractivity contribution < 1.29 is 9.53 Å². The first-order chi connectivity index (χ1) is 9.16. The van der Waals surface area contributed by atoms with Crippen LogP contribution in [0.4, 0.5) is 0 Å². The van der Waals surface area contributed by atoms with Gasteiger partial charge in [0.05, 0.1) is 18.7 Å². The molecule has 0 aliphatic heterocycles. The van der Waals surface area contributed by atoms with Gasteiger partial charge in [0.2, 0.25) is 5.91 Å². The van der Waals surface area contributed by atoms with Gasteiger partial charge in [0, 0.05) is 13.7 Å². The quantitative estimate of drug-likeness (QED) is 0.807. The maximum Gasteiger partial charge on any atom is 0.234 e. The Morgan fingerprint density at radius 3 is 2.63 bits per heavy atom. The molecule has 0 radical (unpaired) electrons. The van der Waals surface area contributed by atoms with Crippen molar-refractivity contribution >= 4 is 5.91 Å². The third kappa shape index (κ3) is 3.78. The Kier molecular flexibility index (Phi) is 4.56. The molecule has 19 heavy (non-hydrogen) atoms. The highest BCUT2D eigenvalue weighted by Crippen LogP contribution is 2.45. The van der Waals surface area contributed by atoms with Crippen LogP contribution in [-0.4, -0.2) is 44.7 Å². The number of carbonyl (C=O) groups excluding carboxylic acids is 1. The number of hydrogen-bond donors (Lipinski definition) is 1. The summed E-state index contributed by atoms with van der Waals surface area (Å²) in [7, 11) is 3.60. The molecule has 1 N–H and O–H groups in total. The van der Waals surface area contributed by atoms with Crippen molar-refractivity contribution in [3.63, 3.8) is 0 Å². The molecule has 1 amide bonds. The fourth-order valence-electron chi connectivity index (χ4n) is 2.25. The molecule has 1 aliphatic carbocycles. The lowest BCUT2D eigenvalue weighted by Crippen LogP contribution is -2.41. The summed E-state index contributed by atoms with van der Waals surface area (Å²) in [6.07, 6.45) is 2.06. The Morgan fingerprint density at radius 1 is 1.37 bits per heavy atom. The number of carbonyl (C=O) groups is 1. The van der Waals surface area contributed by atoms with Gasteiger partial charge in [-0.15, -0.1) is 0 Å². The van der Waals surface area contributed by atoms with E-state index in [0.717, 1.165) is 19.4 Å². The lowest BCUT2D eigenvalue weighted by molar-refractivity contribution is -0.123. The zero-order chi connectivity index (χ0) is 13.7. The molecule has 0 heterocycles. The molecule has 0 unspecified atom stereocenters. The smallest absolute Gasteiger partial charge is 0.234 e. The van der Waals surface area contributed by atoms with Crippen molar-refractivity contribution in [1.82, 2.24) is 10.2 Å². The average molecular weight is 262 g/mol. The Labute approximate surface area is 114 Å². The van der Waals surface area contributed by atoms with Crippen LogP contribution in [0.1, 0.15) is 18.4 Å². The van der Waals surface area contributed by atoms with E-state index in [1.807, 2.05) is 30.1 Å². The highest BCUT2D eigenvalue weighted by molar-refractivity contribution is 5.79. The molecule has 2 rings (SSSR count). The van der Waals surface area contributed by atoms with E-state index in [1.54, 1.807) is 7.11 Å². The summed E-state index contributed by atoms with van der Waals surface area (Å²) >= 11 is 0. The second-order valence-electron chi connectivity index (χ2n) is 5.23. The number of benzene rings is 1. The predicted molar refractivity (Wildman–Crippen MR) is 74.9 cm³/mol. The molecule has 4 nitrogen and oxygen atoms in total. The summed E-state index contributed by atoms with van der Waals surface area (Å²) in [4.78, 5) is 14.0. The number of hydrogen-bond acceptors (Lipinski definition) is 3. The topological polar surface area (TPSA) is 41.6 Å². The average Bonchev–Trinajstić information content (AvgIpc) is 3.18. The molecule has 1 aromatic rings. The fourth-order valence-corrected chi connectivity index (χ4v) is 2.25. The van der Waals surface area contributed by atoms with E-state index in [0.29, 0.717) is 13.2 Å². The third-order valence-corrected chi connectivity index (χ3v) is 3.55. The lowest BCUT2D eigenvalue weighted by atomic mass is 10.1. The first-order valence-corrected chi connectivity index (χ1v) is 6.70. The molecule has 0 bridgehead atoms. The van der Waals surface area contributed by atoms with Crippen LogP contribution in [0, 0.1) is 0 Å². The predicted octanol–water partition coefficient (Wildman–Crippen LogP) is 1.37. The maximum absolute atomic E-state index is 12.1. The summed E-state index contributed by atoms with van der Waals surface area (Å²) in [6, 6.07) is 10.2. The second-order valence-corrected chi connectivity index (χ2v) is 5.23. The summed E-state index contributed by atoms with van der Waals surface area (Å²) in [5.41, 5.74) is 1.10. The van der Waals surface area contributed by atoms with Gasteiger partial charge in [-0.25, -0.2) is 0 Å². The minimum atomic E-state index is -0.111. The van der Waals surface area contributed by atoms with Gasteiger partial charge in [0.1, 0.15) is 0 Å². The normalized spacial score (nSPS) is 16.4. The molecule has 4 heteroatoms. The van der Waals surface area contributed by atoms with Gasteiger partial charge >= 0.3 is 0 Å². The molecule has 104 valence electrons. The summed E-state index contributed by atoms with van der Waals surface area (Å²) in [5.74, 6) is 0.0833. The van der Waals surface area contributed by atoms with Gasteiger partial charge in [-0.05, 0) is 25.5 Å². The van der Waals surface area contributed by atoms with Crippen LogP contribution in [0.25, 0.3) is 0 Å². The molecule has 1 fully saturated rings. The molecule has 0 aromatic heterocycles. The molecule has 1 aromatic carbocycles. The molecule has 1 saturated carbocycles. The minimum Gasteiger partial charge on any atom is -0.383 e. The van der Waals surface area contributed by atoms with E-state index in [1.165, 1.54) is 5.56 Å². The fraction of sp³-hybridized carbons (Fsp3) is 0.533. The molecule has 0 spiro atoms. The van der Waals surface area contributed by atoms with Crippen molar-refractivity contribution in [3.8, 4) is 0 Å². The van der Waals surface area contributed by atoms with Gasteiger partial charge in [0.15, 0.2) is 0 Å². The number of amides is 1. The van der Waals surface area contributed by atoms with E-state index in [-0.39, 0.29) is 11.4 Å². The first-order valence-electron chi connectivity index (χ1n) is 6.70. The Hall–Kier alpha value is -1.39. The van der Waals surface area contributed by atoms with Crippen LogP contribution in [0.2, 0.25) is 0 Å². The third-order valence-electron chi connectivity index (χ3n) is 3.55. The van der Waals surface area contributed by atoms with E-state index in [2.05, 4.69) is 17.4 Å². The van der Waals surface area contributed by atoms with Crippen LogP contribution >= 0.6 is 0 Å². The van der Waals surface area contributed by atoms with Gasteiger partial charge in [0.25, 0.3) is 0 Å². The molecule has 0 saturated heterocycles. The summed E-state index contributed by atoms with van der Waals surface area (Å²) in [6.45, 7) is 1.83. The monoisotopic (exact) mass is 262 g/mol. The Bertz CT molecular complexity index is 415. The van der Waals surface area contributed by atoms with Crippen LogP contribution in [0.3, 0.4) is 0 Å². The largest absolute Gasteiger partial charge is 0.383 e. The van der Waals surface area contributed by atoms with Gasteiger partial charge in [-0.3, -0.25) is 9.69 Å². The van der Waals surface area contributed by atoms with Crippen LogP contribution in [0.5, 0.6) is 0 Å². The highest BCUT2D eigenvalue weighted by atomic mass is 16.5. The molecule has 1 aliphatic rings. The zero-order valence-electron chi connectivity index (χ0n) is 11.7. The first kappa shape index (κ1) is 14.0. The van der Waals surface area contributed by atoms with Crippen LogP contribution < -0.4 is 5.32 Å². The number of nitrogens with one attached hydrogen (secondary N) is 1. The zero-order valence-corrected chi connectivity index (χ0v) is 11.7. The van der Waals surface area contributed by atoms with Crippen LogP contribution in [-0.2, 0) is 15.1 Å². The molecule has 0 atom stereocenters. The van der Waals surface area contributed by atoms with E-state index in [9.17, 15) is 4.79 Å². The maximum atomic E-state index is 12.1. The standard InChI is InChI=1S/C15H22N2O2/c1-17(10-11-19-2)12-14(18)16-15(8-9-15)13-6-4-3-5-7-13/h3-7H,8-12H2,1-2H3,(H,16,18). The number of rotatable bonds is 7. The highest BCUT2D eigenvalue weighted by Gasteiger charge is 2.45. The molecular weight excluding hydrogens is 240 g/mol. The van der Waals surface area contributed by atoms with Crippen molar-refractivity contribution in [3.05, 3.63) is 35.9 Å². The van der Waals surface area contributed by atoms with Gasteiger partial charge < -0.3 is 10.1 Å². The number of likely N-dealkylation sites (N-methyl/N-ethyl adjacent to an activating group) is 1. The van der Waals surface area contributed by atoms with Crippen molar-refractivity contribution in [2.24, 2.45) is 0 Å². The Morgan fingerprint density at radius 2 is 2.05 bits per heavy atom. The number of ether oxygens (including phenoxy) is 1. The van der Waals surface area contributed by atoms with Crippen molar-refractivity contribution in [1.29, 1.82) is 0 Å². The Balaban J connectivity index is 1.86. The summed E-state index contributed by atoms with van der Waals surface area (Å²) in [5, 5.41) is 3.17. The van der Waals surface area contributed by atoms with Crippen molar-refractivity contribution in [2.75, 3.05) is 33.9 Å².